The van der Waals surface area contributed by atoms with Crippen LogP contribution in [0.5, 0.6) is 5.75 Å². The van der Waals surface area contributed by atoms with Crippen LogP contribution in [-0.4, -0.2) is 41.7 Å². The summed E-state index contributed by atoms with van der Waals surface area (Å²) >= 11 is 0. The highest BCUT2D eigenvalue weighted by molar-refractivity contribution is 5.92. The third-order valence-corrected chi connectivity index (χ3v) is 2.39. The number of amides is 1. The Labute approximate surface area is 109 Å². The van der Waals surface area contributed by atoms with Gasteiger partial charge in [0.25, 0.3) is 12.3 Å². The number of nitrogens with zero attached hydrogens (tertiary/aromatic N) is 1. The third-order valence-electron chi connectivity index (χ3n) is 2.39. The lowest BCUT2D eigenvalue weighted by Crippen LogP contribution is -2.37. The topological polar surface area (TPSA) is 71.5 Å². The highest BCUT2D eigenvalue weighted by Crippen LogP contribution is 2.12. The van der Waals surface area contributed by atoms with Gasteiger partial charge in [-0.2, -0.15) is 0 Å². The minimum absolute atomic E-state index is 0.0543. The molecule has 0 aromatic carbocycles. The average molecular weight is 274 g/mol. The van der Waals surface area contributed by atoms with Gasteiger partial charge in [0.1, 0.15) is 18.1 Å². The first-order valence-corrected chi connectivity index (χ1v) is 5.85. The van der Waals surface area contributed by atoms with Gasteiger partial charge in [-0.3, -0.25) is 9.78 Å². The van der Waals surface area contributed by atoms with Crippen molar-refractivity contribution in [2.45, 2.75) is 25.8 Å². The minimum atomic E-state index is -2.58. The number of rotatable bonds is 7. The Morgan fingerprint density at radius 1 is 1.58 bits per heavy atom. The van der Waals surface area contributed by atoms with Crippen LogP contribution in [0.4, 0.5) is 8.78 Å². The molecule has 5 nitrogen and oxygen atoms in total. The van der Waals surface area contributed by atoms with Gasteiger partial charge in [0, 0.05) is 12.3 Å². The maximum Gasteiger partial charge on any atom is 0.272 e. The molecular formula is C12H16F2N2O3. The molecule has 0 spiro atoms. The summed E-state index contributed by atoms with van der Waals surface area (Å²) in [7, 11) is 0. The number of halogens is 2. The van der Waals surface area contributed by atoms with E-state index in [1.54, 1.807) is 0 Å². The summed E-state index contributed by atoms with van der Waals surface area (Å²) in [4.78, 5) is 15.6. The molecule has 0 aliphatic carbocycles. The monoisotopic (exact) mass is 274 g/mol. The van der Waals surface area contributed by atoms with Gasteiger partial charge in [-0.25, -0.2) is 8.78 Å². The number of hydrogen-bond acceptors (Lipinski definition) is 4. The van der Waals surface area contributed by atoms with Crippen molar-refractivity contribution in [3.05, 3.63) is 24.0 Å². The predicted octanol–water partition coefficient (Wildman–Crippen LogP) is 1.23. The lowest BCUT2D eigenvalue weighted by molar-refractivity contribution is 0.0816. The minimum Gasteiger partial charge on any atom is -0.488 e. The Balaban J connectivity index is 2.67. The van der Waals surface area contributed by atoms with Gasteiger partial charge in [-0.1, -0.05) is 6.92 Å². The van der Waals surface area contributed by atoms with Gasteiger partial charge >= 0.3 is 0 Å². The maximum atomic E-state index is 12.0. The zero-order valence-electron chi connectivity index (χ0n) is 10.5. The van der Waals surface area contributed by atoms with Crippen molar-refractivity contribution in [1.29, 1.82) is 0 Å². The smallest absolute Gasteiger partial charge is 0.272 e. The van der Waals surface area contributed by atoms with Gasteiger partial charge in [-0.05, 0) is 12.5 Å². The number of aromatic nitrogens is 1. The van der Waals surface area contributed by atoms with Gasteiger partial charge in [-0.15, -0.1) is 0 Å². The highest BCUT2D eigenvalue weighted by atomic mass is 19.3. The van der Waals surface area contributed by atoms with Crippen LogP contribution in [0.3, 0.4) is 0 Å². The maximum absolute atomic E-state index is 12.0. The van der Waals surface area contributed by atoms with E-state index in [2.05, 4.69) is 10.3 Å². The lowest BCUT2D eigenvalue weighted by Gasteiger charge is -2.13. The number of hydrogen-bond donors (Lipinski definition) is 2. The van der Waals surface area contributed by atoms with E-state index in [9.17, 15) is 13.6 Å². The average Bonchev–Trinajstić information content (AvgIpc) is 2.42. The van der Waals surface area contributed by atoms with Crippen molar-refractivity contribution in [3.63, 3.8) is 0 Å². The molecule has 1 aromatic rings. The summed E-state index contributed by atoms with van der Waals surface area (Å²) in [6, 6.07) is 2.31. The molecule has 106 valence electrons. The number of carbonyl (C=O) groups excluding carboxylic acids is 1. The van der Waals surface area contributed by atoms with Gasteiger partial charge in [0.15, 0.2) is 0 Å². The molecule has 0 saturated carbocycles. The molecule has 1 amide bonds. The normalized spacial score (nSPS) is 12.3. The van der Waals surface area contributed by atoms with Gasteiger partial charge < -0.3 is 15.2 Å². The molecule has 0 fully saturated rings. The molecule has 2 N–H and O–H groups in total. The summed E-state index contributed by atoms with van der Waals surface area (Å²) in [5.74, 6) is -0.333. The van der Waals surface area contributed by atoms with Crippen LogP contribution in [0.1, 0.15) is 23.8 Å². The fraction of sp³-hybridized carbons (Fsp3) is 0.500. The SMILES string of the molecule is CCC(CO)NC(=O)c1cc(OCC(F)F)ccn1. The fourth-order valence-corrected chi connectivity index (χ4v) is 1.32. The number of nitrogens with one attached hydrogen (secondary N) is 1. The van der Waals surface area contributed by atoms with Crippen LogP contribution in [0.15, 0.2) is 18.3 Å². The van der Waals surface area contributed by atoms with Crippen LogP contribution in [-0.2, 0) is 0 Å². The Bertz CT molecular complexity index is 412. The predicted molar refractivity (Wildman–Crippen MR) is 64.4 cm³/mol. The lowest BCUT2D eigenvalue weighted by atomic mass is 10.2. The van der Waals surface area contributed by atoms with E-state index in [4.69, 9.17) is 9.84 Å². The van der Waals surface area contributed by atoms with E-state index in [0.717, 1.165) is 0 Å². The van der Waals surface area contributed by atoms with E-state index in [1.165, 1.54) is 18.3 Å². The van der Waals surface area contributed by atoms with Gasteiger partial charge in [0.05, 0.1) is 12.6 Å². The molecule has 1 atom stereocenters. The van der Waals surface area contributed by atoms with E-state index < -0.39 is 18.9 Å². The molecular weight excluding hydrogens is 258 g/mol. The van der Waals surface area contributed by atoms with Crippen LogP contribution in [0.25, 0.3) is 0 Å². The van der Waals surface area contributed by atoms with E-state index in [-0.39, 0.29) is 24.1 Å². The molecule has 0 radical (unpaired) electrons. The first kappa shape index (κ1) is 15.3. The number of alkyl halides is 2. The summed E-state index contributed by atoms with van der Waals surface area (Å²) in [5.41, 5.74) is 0.0543. The van der Waals surface area contributed by atoms with E-state index in [0.29, 0.717) is 6.42 Å². The van der Waals surface area contributed by atoms with E-state index >= 15 is 0 Å². The second-order valence-electron chi connectivity index (χ2n) is 3.84. The van der Waals surface area contributed by atoms with Crippen molar-refractivity contribution in [3.8, 4) is 5.75 Å². The first-order chi connectivity index (χ1) is 9.06. The molecule has 0 aliphatic rings. The Morgan fingerprint density at radius 2 is 2.32 bits per heavy atom. The number of pyridine rings is 1. The van der Waals surface area contributed by atoms with Crippen molar-refractivity contribution in [2.75, 3.05) is 13.2 Å². The summed E-state index contributed by atoms with van der Waals surface area (Å²) in [6.07, 6.45) is -0.705. The quantitative estimate of drug-likeness (QED) is 0.784. The summed E-state index contributed by atoms with van der Waals surface area (Å²) in [5, 5.41) is 11.5. The Hall–Kier alpha value is -1.76. The highest BCUT2D eigenvalue weighted by Gasteiger charge is 2.13. The second kappa shape index (κ2) is 7.63. The second-order valence-corrected chi connectivity index (χ2v) is 3.84. The Kier molecular flexibility index (Phi) is 6.14. The van der Waals surface area contributed by atoms with Crippen LogP contribution < -0.4 is 10.1 Å². The van der Waals surface area contributed by atoms with Gasteiger partial charge in [0.2, 0.25) is 0 Å². The van der Waals surface area contributed by atoms with E-state index in [1.807, 2.05) is 6.92 Å². The van der Waals surface area contributed by atoms with Crippen LogP contribution in [0.2, 0.25) is 0 Å². The van der Waals surface area contributed by atoms with Crippen LogP contribution in [0, 0.1) is 0 Å². The fourth-order valence-electron chi connectivity index (χ4n) is 1.32. The zero-order chi connectivity index (χ0) is 14.3. The zero-order valence-corrected chi connectivity index (χ0v) is 10.5. The molecule has 0 bridgehead atoms. The van der Waals surface area contributed by atoms with Crippen molar-refractivity contribution in [2.24, 2.45) is 0 Å². The molecule has 19 heavy (non-hydrogen) atoms. The summed E-state index contributed by atoms with van der Waals surface area (Å²) < 4.78 is 28.8. The number of aliphatic hydroxyl groups is 1. The molecule has 0 aliphatic heterocycles. The molecule has 1 unspecified atom stereocenters. The molecule has 7 heteroatoms. The Morgan fingerprint density at radius 3 is 2.89 bits per heavy atom. The summed E-state index contributed by atoms with van der Waals surface area (Å²) in [6.45, 7) is 0.903. The first-order valence-electron chi connectivity index (χ1n) is 5.85. The standard InChI is InChI=1S/C12H16F2N2O3/c1-2-8(6-17)16-12(18)10-5-9(3-4-15-10)19-7-11(13)14/h3-5,8,11,17H,2,6-7H2,1H3,(H,16,18). The van der Waals surface area contributed by atoms with Crippen molar-refractivity contribution >= 4 is 5.91 Å². The number of ether oxygens (including phenoxy) is 1. The van der Waals surface area contributed by atoms with Crippen molar-refractivity contribution in [1.82, 2.24) is 10.3 Å². The molecule has 1 heterocycles. The van der Waals surface area contributed by atoms with Crippen molar-refractivity contribution < 1.29 is 23.4 Å². The molecule has 0 saturated heterocycles. The largest absolute Gasteiger partial charge is 0.488 e. The number of aliphatic hydroxyl groups excluding tert-OH is 1. The van der Waals surface area contributed by atoms with Crippen LogP contribution >= 0.6 is 0 Å². The molecule has 1 rings (SSSR count). The third kappa shape index (κ3) is 5.17. The number of carbonyl (C=O) groups is 1. The molecule has 1 aromatic heterocycles.